The zero-order valence-corrected chi connectivity index (χ0v) is 23.0. The molecule has 4 aliphatic carbocycles. The quantitative estimate of drug-likeness (QED) is 0.0914. The minimum absolute atomic E-state index is 0.335. The molecule has 0 aliphatic heterocycles. The van der Waals surface area contributed by atoms with E-state index in [-0.39, 0.29) is 0 Å². The average molecular weight is 486 g/mol. The third kappa shape index (κ3) is 5.94. The van der Waals surface area contributed by atoms with Gasteiger partial charge in [0.1, 0.15) is 0 Å². The Morgan fingerprint density at radius 2 is 1.91 bits per heavy atom. The zero-order chi connectivity index (χ0) is 24.9. The standard InChI is InChI=1S/C30H51N3O2/c1-22(2)7-5-6-8-23-10-12-27-26-11-9-24-21-25(35-20-19-34-18-17-32-33-31)13-15-30(24,4)28(26)14-16-29(23,27)3/h9,22-23,25-28H,5-8,10-21H2,1-4H3/t23-,25-,26-,27?,28?,29+,30-/m0/s1. The van der Waals surface area contributed by atoms with Crippen molar-refractivity contribution in [1.29, 1.82) is 0 Å². The van der Waals surface area contributed by atoms with Crippen molar-refractivity contribution >= 4 is 0 Å². The van der Waals surface area contributed by atoms with Crippen LogP contribution in [0.2, 0.25) is 0 Å². The van der Waals surface area contributed by atoms with E-state index in [1.54, 1.807) is 5.57 Å². The lowest BCUT2D eigenvalue weighted by molar-refractivity contribution is -0.0632. The van der Waals surface area contributed by atoms with Gasteiger partial charge >= 0.3 is 0 Å². The molecule has 3 fully saturated rings. The largest absolute Gasteiger partial charge is 0.379 e. The fourth-order valence-corrected chi connectivity index (χ4v) is 8.82. The Balaban J connectivity index is 1.30. The van der Waals surface area contributed by atoms with Gasteiger partial charge < -0.3 is 9.47 Å². The van der Waals surface area contributed by atoms with E-state index < -0.39 is 0 Å². The molecule has 0 N–H and O–H groups in total. The molecule has 4 aliphatic rings. The van der Waals surface area contributed by atoms with Crippen molar-refractivity contribution in [2.75, 3.05) is 26.4 Å². The van der Waals surface area contributed by atoms with Crippen LogP contribution in [0.25, 0.3) is 10.4 Å². The summed E-state index contributed by atoms with van der Waals surface area (Å²) in [5.74, 6) is 4.56. The molecule has 3 saturated carbocycles. The molecule has 4 rings (SSSR count). The van der Waals surface area contributed by atoms with Gasteiger partial charge in [-0.2, -0.15) is 0 Å². The van der Waals surface area contributed by atoms with Crippen LogP contribution in [-0.2, 0) is 9.47 Å². The first-order valence-corrected chi connectivity index (χ1v) is 14.8. The molecule has 2 unspecified atom stereocenters. The second kappa shape index (κ2) is 12.0. The van der Waals surface area contributed by atoms with Crippen LogP contribution in [0.5, 0.6) is 0 Å². The number of hydrogen-bond donors (Lipinski definition) is 0. The Morgan fingerprint density at radius 3 is 2.71 bits per heavy atom. The molecule has 0 aromatic rings. The highest BCUT2D eigenvalue weighted by Gasteiger charge is 2.58. The highest BCUT2D eigenvalue weighted by Crippen LogP contribution is 2.66. The number of allylic oxidation sites excluding steroid dienone is 1. The van der Waals surface area contributed by atoms with Crippen LogP contribution in [0, 0.1) is 40.4 Å². The Hall–Kier alpha value is -1.03. The van der Waals surface area contributed by atoms with Crippen LogP contribution in [0.15, 0.2) is 16.8 Å². The highest BCUT2D eigenvalue weighted by molar-refractivity contribution is 5.25. The van der Waals surface area contributed by atoms with Gasteiger partial charge in [-0.05, 0) is 104 Å². The monoisotopic (exact) mass is 485 g/mol. The topological polar surface area (TPSA) is 67.2 Å². The molecule has 0 amide bonds. The molecule has 0 aromatic carbocycles. The Bertz CT molecular complexity index is 776. The third-order valence-electron chi connectivity index (χ3n) is 10.8. The summed E-state index contributed by atoms with van der Waals surface area (Å²) in [6, 6.07) is 0. The van der Waals surface area contributed by atoms with Crippen LogP contribution < -0.4 is 0 Å². The maximum absolute atomic E-state index is 8.32. The third-order valence-corrected chi connectivity index (χ3v) is 10.8. The van der Waals surface area contributed by atoms with Gasteiger partial charge in [-0.1, -0.05) is 63.7 Å². The number of nitrogens with zero attached hydrogens (tertiary/aromatic N) is 3. The van der Waals surface area contributed by atoms with Crippen molar-refractivity contribution in [3.63, 3.8) is 0 Å². The Morgan fingerprint density at radius 1 is 1.06 bits per heavy atom. The molecular formula is C30H51N3O2. The molecule has 7 atom stereocenters. The summed E-state index contributed by atoms with van der Waals surface area (Å²) in [5, 5.41) is 3.50. The smallest absolute Gasteiger partial charge is 0.0704 e. The number of rotatable bonds is 12. The average Bonchev–Trinajstić information content (AvgIpc) is 3.17. The summed E-state index contributed by atoms with van der Waals surface area (Å²) >= 11 is 0. The SMILES string of the molecule is CC(C)CCCC[C@H]1CCC2[C@@H]3CC=C4C[C@@H](OCCOCCN=[N+]=[N-])CC[C@]4(C)C3CC[C@@]21C. The van der Waals surface area contributed by atoms with Crippen molar-refractivity contribution in [2.45, 2.75) is 111 Å². The number of azide groups is 1. The molecule has 0 bridgehead atoms. The highest BCUT2D eigenvalue weighted by atomic mass is 16.5. The minimum Gasteiger partial charge on any atom is -0.379 e. The van der Waals surface area contributed by atoms with Crippen molar-refractivity contribution in [2.24, 2.45) is 45.5 Å². The van der Waals surface area contributed by atoms with Crippen molar-refractivity contribution < 1.29 is 9.47 Å². The fraction of sp³-hybridized carbons (Fsp3) is 0.933. The van der Waals surface area contributed by atoms with Crippen molar-refractivity contribution in [1.82, 2.24) is 0 Å². The number of ether oxygens (including phenoxy) is 2. The van der Waals surface area contributed by atoms with Crippen molar-refractivity contribution in [3.05, 3.63) is 22.1 Å². The van der Waals surface area contributed by atoms with E-state index in [9.17, 15) is 0 Å². The predicted octanol–water partition coefficient (Wildman–Crippen LogP) is 8.49. The van der Waals surface area contributed by atoms with Crippen LogP contribution >= 0.6 is 0 Å². The van der Waals surface area contributed by atoms with E-state index in [4.69, 9.17) is 15.0 Å². The summed E-state index contributed by atoms with van der Waals surface area (Å²) in [6.45, 7) is 12.1. The Kier molecular flexibility index (Phi) is 9.27. The molecule has 198 valence electrons. The van der Waals surface area contributed by atoms with E-state index in [1.807, 2.05) is 0 Å². The van der Waals surface area contributed by atoms with Crippen LogP contribution in [-0.4, -0.2) is 32.5 Å². The molecule has 35 heavy (non-hydrogen) atoms. The van der Waals surface area contributed by atoms with Gasteiger partial charge in [0.05, 0.1) is 25.9 Å². The molecule has 0 heterocycles. The second-order valence-electron chi connectivity index (χ2n) is 13.1. The lowest BCUT2D eigenvalue weighted by atomic mass is 9.47. The first kappa shape index (κ1) is 27.0. The normalized spacial score (nSPS) is 38.3. The summed E-state index contributed by atoms with van der Waals surface area (Å²) in [6.07, 6.45) is 19.5. The fourth-order valence-electron chi connectivity index (χ4n) is 8.82. The van der Waals surface area contributed by atoms with E-state index in [1.165, 1.54) is 70.6 Å². The molecule has 5 nitrogen and oxygen atoms in total. The lowest BCUT2D eigenvalue weighted by Gasteiger charge is -2.58. The van der Waals surface area contributed by atoms with Gasteiger partial charge in [-0.25, -0.2) is 0 Å². The number of fused-ring (bicyclic) bond motifs is 5. The lowest BCUT2D eigenvalue weighted by Crippen LogP contribution is -2.50. The molecule has 0 radical (unpaired) electrons. The predicted molar refractivity (Wildman–Crippen MR) is 143 cm³/mol. The first-order chi connectivity index (χ1) is 16.9. The summed E-state index contributed by atoms with van der Waals surface area (Å²) in [4.78, 5) is 2.75. The first-order valence-electron chi connectivity index (χ1n) is 14.8. The summed E-state index contributed by atoms with van der Waals surface area (Å²) in [7, 11) is 0. The maximum atomic E-state index is 8.32. The van der Waals surface area contributed by atoms with E-state index in [2.05, 4.69) is 43.8 Å². The van der Waals surface area contributed by atoms with Crippen LogP contribution in [0.4, 0.5) is 0 Å². The van der Waals surface area contributed by atoms with Gasteiger partial charge in [0.2, 0.25) is 0 Å². The van der Waals surface area contributed by atoms with Gasteiger partial charge in [0, 0.05) is 11.5 Å². The van der Waals surface area contributed by atoms with E-state index in [0.717, 1.165) is 36.0 Å². The summed E-state index contributed by atoms with van der Waals surface area (Å²) < 4.78 is 11.7. The van der Waals surface area contributed by atoms with Gasteiger partial charge in [0.15, 0.2) is 0 Å². The molecule has 0 spiro atoms. The van der Waals surface area contributed by atoms with Gasteiger partial charge in [-0.15, -0.1) is 0 Å². The number of unbranched alkanes of at least 4 members (excludes halogenated alkanes) is 1. The van der Waals surface area contributed by atoms with E-state index in [0.29, 0.717) is 43.3 Å². The minimum atomic E-state index is 0.335. The second-order valence-corrected chi connectivity index (χ2v) is 13.1. The maximum Gasteiger partial charge on any atom is 0.0704 e. The molecular weight excluding hydrogens is 434 g/mol. The molecule has 5 heteroatoms. The van der Waals surface area contributed by atoms with Gasteiger partial charge in [0.25, 0.3) is 0 Å². The Labute approximate surface area is 214 Å². The van der Waals surface area contributed by atoms with Crippen molar-refractivity contribution in [3.8, 4) is 0 Å². The molecule has 0 aromatic heterocycles. The summed E-state index contributed by atoms with van der Waals surface area (Å²) in [5.41, 5.74) is 11.0. The van der Waals surface area contributed by atoms with Crippen LogP contribution in [0.1, 0.15) is 105 Å². The molecule has 0 saturated heterocycles. The number of hydrogen-bond acceptors (Lipinski definition) is 3. The van der Waals surface area contributed by atoms with Gasteiger partial charge in [-0.3, -0.25) is 0 Å². The van der Waals surface area contributed by atoms with Crippen LogP contribution in [0.3, 0.4) is 0 Å². The van der Waals surface area contributed by atoms with E-state index >= 15 is 0 Å². The zero-order valence-electron chi connectivity index (χ0n) is 23.0.